The normalized spacial score (nSPS) is 11.3. The Morgan fingerprint density at radius 1 is 1.21 bits per heavy atom. The van der Waals surface area contributed by atoms with E-state index in [2.05, 4.69) is 18.8 Å². The molecule has 0 aliphatic rings. The highest BCUT2D eigenvalue weighted by atomic mass is 32.2. The lowest BCUT2D eigenvalue weighted by Crippen LogP contribution is -3.12. The summed E-state index contributed by atoms with van der Waals surface area (Å²) < 4.78 is 14.4. The molecule has 1 heterocycles. The van der Waals surface area contributed by atoms with Gasteiger partial charge in [-0.3, -0.25) is 9.69 Å². The summed E-state index contributed by atoms with van der Waals surface area (Å²) in [7, 11) is 0. The van der Waals surface area contributed by atoms with Crippen LogP contribution < -0.4 is 9.80 Å². The Labute approximate surface area is 173 Å². The molecular formula is C21H25FN3OS2+. The zero-order chi connectivity index (χ0) is 20.1. The largest absolute Gasteiger partial charge is 0.334 e. The van der Waals surface area contributed by atoms with E-state index in [0.29, 0.717) is 22.8 Å². The number of thioether (sulfide) groups is 1. The summed E-state index contributed by atoms with van der Waals surface area (Å²) in [4.78, 5) is 22.2. The van der Waals surface area contributed by atoms with E-state index < -0.39 is 0 Å². The number of benzene rings is 2. The number of aromatic nitrogens is 1. The van der Waals surface area contributed by atoms with Crippen LogP contribution in [0, 0.1) is 5.82 Å². The molecule has 2 aromatic carbocycles. The summed E-state index contributed by atoms with van der Waals surface area (Å²) in [5, 5.41) is 0.619. The van der Waals surface area contributed by atoms with Gasteiger partial charge in [-0.15, -0.1) is 11.8 Å². The first-order valence-corrected chi connectivity index (χ1v) is 11.5. The molecule has 0 saturated heterocycles. The quantitative estimate of drug-likeness (QED) is 0.567. The second-order valence-corrected chi connectivity index (χ2v) is 8.33. The van der Waals surface area contributed by atoms with Crippen LogP contribution in [0.1, 0.15) is 24.2 Å². The van der Waals surface area contributed by atoms with E-state index in [4.69, 9.17) is 0 Å². The molecule has 3 rings (SSSR count). The van der Waals surface area contributed by atoms with Gasteiger partial charge in [0.15, 0.2) is 5.13 Å². The number of hydrogen-bond acceptors (Lipinski definition) is 4. The van der Waals surface area contributed by atoms with Gasteiger partial charge in [-0.2, -0.15) is 0 Å². The Hall–Kier alpha value is -1.96. The molecular weight excluding hydrogens is 393 g/mol. The number of carbonyl (C=O) groups excluding carboxylic acids is 1. The molecule has 4 nitrogen and oxygen atoms in total. The van der Waals surface area contributed by atoms with Gasteiger partial charge in [0, 0.05) is 4.90 Å². The van der Waals surface area contributed by atoms with Gasteiger partial charge in [-0.1, -0.05) is 23.5 Å². The summed E-state index contributed by atoms with van der Waals surface area (Å²) >= 11 is 2.92. The number of halogens is 1. The maximum atomic E-state index is 13.6. The van der Waals surface area contributed by atoms with Crippen molar-refractivity contribution in [3.05, 3.63) is 53.8 Å². The van der Waals surface area contributed by atoms with Gasteiger partial charge in [0.05, 0.1) is 42.0 Å². The van der Waals surface area contributed by atoms with E-state index in [1.807, 2.05) is 30.5 Å². The third-order valence-electron chi connectivity index (χ3n) is 4.84. The zero-order valence-corrected chi connectivity index (χ0v) is 18.0. The van der Waals surface area contributed by atoms with Crippen molar-refractivity contribution in [2.45, 2.75) is 18.7 Å². The standard InChI is InChI=1S/C21H24FN3OS2/c1-4-24(5-2)12-13-25(20(26)16-8-6-7-9-18(16)27-3)21-23-17-11-10-15(22)14-19(17)28-21/h6-11,14H,4-5,12-13H2,1-3H3/p+1. The lowest BCUT2D eigenvalue weighted by Gasteiger charge is -2.23. The van der Waals surface area contributed by atoms with Crippen LogP contribution in [0.4, 0.5) is 9.52 Å². The van der Waals surface area contributed by atoms with Gasteiger partial charge < -0.3 is 4.90 Å². The van der Waals surface area contributed by atoms with Gasteiger partial charge in [-0.25, -0.2) is 9.37 Å². The van der Waals surface area contributed by atoms with E-state index in [1.54, 1.807) is 22.7 Å². The number of carbonyl (C=O) groups is 1. The first-order chi connectivity index (χ1) is 13.6. The molecule has 1 aromatic heterocycles. The van der Waals surface area contributed by atoms with Crippen molar-refractivity contribution in [2.24, 2.45) is 0 Å². The van der Waals surface area contributed by atoms with Crippen molar-refractivity contribution in [1.82, 2.24) is 4.98 Å². The summed E-state index contributed by atoms with van der Waals surface area (Å²) in [6.07, 6.45) is 1.97. The Morgan fingerprint density at radius 2 is 1.96 bits per heavy atom. The molecule has 1 N–H and O–H groups in total. The fraction of sp³-hybridized carbons (Fsp3) is 0.333. The number of thiazole rings is 1. The van der Waals surface area contributed by atoms with Crippen molar-refractivity contribution in [1.29, 1.82) is 0 Å². The molecule has 1 amide bonds. The van der Waals surface area contributed by atoms with Crippen LogP contribution in [0.25, 0.3) is 10.2 Å². The Bertz CT molecular complexity index is 956. The van der Waals surface area contributed by atoms with Crippen LogP contribution in [0.3, 0.4) is 0 Å². The molecule has 148 valence electrons. The minimum Gasteiger partial charge on any atom is -0.334 e. The third-order valence-corrected chi connectivity index (χ3v) is 6.68. The second-order valence-electron chi connectivity index (χ2n) is 6.47. The van der Waals surface area contributed by atoms with Crippen molar-refractivity contribution in [2.75, 3.05) is 37.3 Å². The fourth-order valence-electron chi connectivity index (χ4n) is 3.13. The minimum absolute atomic E-state index is 0.0592. The summed E-state index contributed by atoms with van der Waals surface area (Å²) in [6, 6.07) is 12.2. The van der Waals surface area contributed by atoms with Gasteiger partial charge >= 0.3 is 0 Å². The minimum atomic E-state index is -0.291. The monoisotopic (exact) mass is 418 g/mol. The molecule has 0 bridgehead atoms. The van der Waals surface area contributed by atoms with E-state index in [9.17, 15) is 9.18 Å². The Kier molecular flexibility index (Phi) is 7.04. The average Bonchev–Trinajstić information content (AvgIpc) is 3.13. The molecule has 0 atom stereocenters. The van der Waals surface area contributed by atoms with Crippen molar-refractivity contribution in [3.8, 4) is 0 Å². The van der Waals surface area contributed by atoms with E-state index >= 15 is 0 Å². The summed E-state index contributed by atoms with van der Waals surface area (Å²) in [6.45, 7) is 7.71. The topological polar surface area (TPSA) is 37.6 Å². The Balaban J connectivity index is 1.99. The molecule has 28 heavy (non-hydrogen) atoms. The maximum absolute atomic E-state index is 13.6. The highest BCUT2D eigenvalue weighted by Crippen LogP contribution is 2.31. The van der Waals surface area contributed by atoms with Gasteiger partial charge in [0.2, 0.25) is 0 Å². The van der Waals surface area contributed by atoms with Crippen LogP contribution in [0.5, 0.6) is 0 Å². The van der Waals surface area contributed by atoms with Gasteiger partial charge in [0.1, 0.15) is 5.82 Å². The SMILES string of the molecule is CC[NH+](CC)CCN(C(=O)c1ccccc1SC)c1nc2ccc(F)cc2s1. The van der Waals surface area contributed by atoms with E-state index in [1.165, 1.54) is 28.4 Å². The number of rotatable bonds is 8. The maximum Gasteiger partial charge on any atom is 0.261 e. The predicted octanol–water partition coefficient (Wildman–Crippen LogP) is 3.73. The van der Waals surface area contributed by atoms with E-state index in [-0.39, 0.29) is 11.7 Å². The van der Waals surface area contributed by atoms with Gasteiger partial charge in [0.25, 0.3) is 5.91 Å². The molecule has 0 aliphatic heterocycles. The second kappa shape index (κ2) is 9.49. The lowest BCUT2D eigenvalue weighted by atomic mass is 10.2. The van der Waals surface area contributed by atoms with Crippen molar-refractivity contribution >= 4 is 44.4 Å². The highest BCUT2D eigenvalue weighted by molar-refractivity contribution is 7.98. The number of nitrogens with one attached hydrogen (secondary N) is 1. The van der Waals surface area contributed by atoms with Crippen molar-refractivity contribution in [3.63, 3.8) is 0 Å². The smallest absolute Gasteiger partial charge is 0.261 e. The molecule has 7 heteroatoms. The predicted molar refractivity (Wildman–Crippen MR) is 116 cm³/mol. The number of anilines is 1. The number of hydrogen-bond donors (Lipinski definition) is 1. The van der Waals surface area contributed by atoms with Crippen LogP contribution in [0.2, 0.25) is 0 Å². The zero-order valence-electron chi connectivity index (χ0n) is 16.4. The first-order valence-electron chi connectivity index (χ1n) is 9.41. The van der Waals surface area contributed by atoms with Crippen LogP contribution in [-0.4, -0.2) is 43.3 Å². The molecule has 0 saturated carbocycles. The summed E-state index contributed by atoms with van der Waals surface area (Å²) in [5.41, 5.74) is 1.39. The molecule has 0 radical (unpaired) electrons. The molecule has 0 unspecified atom stereocenters. The van der Waals surface area contributed by atoms with Gasteiger partial charge in [-0.05, 0) is 50.4 Å². The number of nitrogens with zero attached hydrogens (tertiary/aromatic N) is 2. The first kappa shape index (κ1) is 20.8. The number of likely N-dealkylation sites (N-methyl/N-ethyl adjacent to an activating group) is 1. The number of fused-ring (bicyclic) bond motifs is 1. The highest BCUT2D eigenvalue weighted by Gasteiger charge is 2.24. The average molecular weight is 419 g/mol. The molecule has 3 aromatic rings. The van der Waals surface area contributed by atoms with Crippen LogP contribution in [-0.2, 0) is 0 Å². The van der Waals surface area contributed by atoms with Crippen molar-refractivity contribution < 1.29 is 14.1 Å². The Morgan fingerprint density at radius 3 is 2.68 bits per heavy atom. The fourth-order valence-corrected chi connectivity index (χ4v) is 4.73. The number of quaternary nitrogens is 1. The molecule has 0 fully saturated rings. The van der Waals surface area contributed by atoms with Crippen LogP contribution >= 0.6 is 23.1 Å². The van der Waals surface area contributed by atoms with E-state index in [0.717, 1.165) is 29.2 Å². The lowest BCUT2D eigenvalue weighted by molar-refractivity contribution is -0.894. The van der Waals surface area contributed by atoms with Crippen LogP contribution in [0.15, 0.2) is 47.4 Å². The molecule has 0 aliphatic carbocycles. The number of amides is 1. The summed E-state index contributed by atoms with van der Waals surface area (Å²) in [5.74, 6) is -0.350. The molecule has 0 spiro atoms. The third kappa shape index (κ3) is 4.54.